The molecule has 6 aromatic rings. The van der Waals surface area contributed by atoms with E-state index in [4.69, 9.17) is 48.6 Å². The number of sulfonamides is 2. The molecule has 0 unspecified atom stereocenters. The predicted octanol–water partition coefficient (Wildman–Crippen LogP) is 4.98. The summed E-state index contributed by atoms with van der Waals surface area (Å²) in [6, 6.07) is 9.82. The van der Waals surface area contributed by atoms with E-state index in [1.165, 1.54) is 101 Å². The summed E-state index contributed by atoms with van der Waals surface area (Å²) in [5.74, 6) is 2.80. The predicted molar refractivity (Wildman–Crippen MR) is 273 cm³/mol. The average Bonchev–Trinajstić information content (AvgIpc) is 3.77. The zero-order valence-corrected chi connectivity index (χ0v) is 45.0. The minimum Gasteiger partial charge on any atom is -0.481 e. The number of fused-ring (bicyclic) bond motifs is 1. The highest BCUT2D eigenvalue weighted by molar-refractivity contribution is 7.90. The van der Waals surface area contributed by atoms with Crippen molar-refractivity contribution in [2.75, 3.05) is 52.7 Å². The van der Waals surface area contributed by atoms with Gasteiger partial charge in [0.2, 0.25) is 23.7 Å². The van der Waals surface area contributed by atoms with Crippen molar-refractivity contribution in [3.8, 4) is 41.6 Å². The van der Waals surface area contributed by atoms with E-state index in [1.54, 1.807) is 20.1 Å². The Morgan fingerprint density at radius 1 is 0.833 bits per heavy atom. The van der Waals surface area contributed by atoms with Crippen molar-refractivity contribution in [2.24, 2.45) is 0 Å². The summed E-state index contributed by atoms with van der Waals surface area (Å²) < 4.78 is 114. The molecule has 1 aliphatic heterocycles. The highest BCUT2D eigenvalue weighted by Gasteiger charge is 2.30. The number of nitrogens with zero attached hydrogens (tertiary/aromatic N) is 10. The molecule has 0 atom stereocenters. The summed E-state index contributed by atoms with van der Waals surface area (Å²) >= 11 is 12.3. The third kappa shape index (κ3) is 16.6. The fourth-order valence-corrected chi connectivity index (χ4v) is 9.33. The van der Waals surface area contributed by atoms with Crippen LogP contribution in [0.1, 0.15) is 46.8 Å². The number of halogens is 5. The lowest BCUT2D eigenvalue weighted by molar-refractivity contribution is -0.134. The van der Waals surface area contributed by atoms with Gasteiger partial charge < -0.3 is 23.8 Å². The van der Waals surface area contributed by atoms with Crippen LogP contribution in [0.25, 0.3) is 5.69 Å². The number of aromatic nitrogens is 9. The van der Waals surface area contributed by atoms with Gasteiger partial charge >= 0.3 is 29.9 Å². The largest absolute Gasteiger partial charge is 0.481 e. The van der Waals surface area contributed by atoms with E-state index in [1.807, 2.05) is 0 Å². The summed E-state index contributed by atoms with van der Waals surface area (Å²) in [7, 11) is -1.99. The maximum absolute atomic E-state index is 12.5. The second kappa shape index (κ2) is 26.6. The Balaban J connectivity index is 0.000000217. The van der Waals surface area contributed by atoms with Crippen molar-refractivity contribution in [3.05, 3.63) is 104 Å². The molecule has 26 nitrogen and oxygen atoms in total. The van der Waals surface area contributed by atoms with Crippen LogP contribution >= 0.6 is 23.2 Å². The Morgan fingerprint density at radius 2 is 1.47 bits per heavy atom. The molecule has 0 radical (unpaired) electrons. The maximum atomic E-state index is 12.5. The molecule has 0 bridgehead atoms. The minimum absolute atomic E-state index is 0.0715. The van der Waals surface area contributed by atoms with E-state index >= 15 is 0 Å². The van der Waals surface area contributed by atoms with Gasteiger partial charge in [0.1, 0.15) is 24.0 Å². The van der Waals surface area contributed by atoms with Gasteiger partial charge in [-0.05, 0) is 56.0 Å². The van der Waals surface area contributed by atoms with Crippen molar-refractivity contribution >= 4 is 73.1 Å². The summed E-state index contributed by atoms with van der Waals surface area (Å²) in [5.41, 5.74) is -0.0308. The lowest BCUT2D eigenvalue weighted by atomic mass is 10.1. The van der Waals surface area contributed by atoms with Gasteiger partial charge in [-0.1, -0.05) is 47.3 Å². The Kier molecular flexibility index (Phi) is 20.7. The number of pyridine rings is 1. The Hall–Kier alpha value is -8.34. The molecule has 4 aromatic heterocycles. The van der Waals surface area contributed by atoms with Crippen LogP contribution in [-0.4, -0.2) is 132 Å². The van der Waals surface area contributed by atoms with Crippen LogP contribution in [0.15, 0.2) is 75.5 Å². The highest BCUT2D eigenvalue weighted by atomic mass is 35.5. The smallest absolute Gasteiger partial charge is 0.389 e. The van der Waals surface area contributed by atoms with E-state index in [-0.39, 0.29) is 58.9 Å². The third-order valence-corrected chi connectivity index (χ3v) is 13.3. The first-order valence-electron chi connectivity index (χ1n) is 22.3. The van der Waals surface area contributed by atoms with Crippen LogP contribution in [0.2, 0.25) is 10.0 Å². The first-order chi connectivity index (χ1) is 36.8. The molecule has 5 heterocycles. The number of alkyl halides is 3. The van der Waals surface area contributed by atoms with Crippen molar-refractivity contribution in [2.45, 2.75) is 61.7 Å². The molecule has 1 aliphatic rings. The molecule has 416 valence electrons. The monoisotopic (exact) mass is 1170 g/mol. The number of ether oxygens (including phenoxy) is 4. The lowest BCUT2D eigenvalue weighted by Gasteiger charge is -2.14. The van der Waals surface area contributed by atoms with Crippen molar-refractivity contribution in [1.29, 1.82) is 0 Å². The Labute approximate surface area is 453 Å². The van der Waals surface area contributed by atoms with E-state index in [9.17, 15) is 49.2 Å². The summed E-state index contributed by atoms with van der Waals surface area (Å²) in [6.07, 6.45) is 2.97. The number of carbonyl (C=O) groups is 3. The average molecular weight is 1170 g/mol. The SMILES string of the molecule is C#CCOc1cc(-n2nc3n(c2=O)CCCC3)c(Cl)cc1Cl.COc1cc(OC)nc(NC(=O)NS(=O)(=O)c2ncccc2C(=O)N(C)C)n1.COc1nc(C)nc(NC(=O)NS(=O)(=O)c2ccccc2CCC(F)(F)F)n1. The van der Waals surface area contributed by atoms with Gasteiger partial charge in [-0.25, -0.2) is 37.2 Å². The number of aryl methyl sites for hydroxylation is 3. The number of benzene rings is 2. The lowest BCUT2D eigenvalue weighted by Crippen LogP contribution is -2.36. The van der Waals surface area contributed by atoms with Gasteiger partial charge in [0, 0.05) is 45.7 Å². The second-order valence-corrected chi connectivity index (χ2v) is 19.9. The molecule has 78 heavy (non-hydrogen) atoms. The molecule has 0 spiro atoms. The van der Waals surface area contributed by atoms with Crippen LogP contribution in [0, 0.1) is 19.3 Å². The number of terminal acetylenes is 1. The fraction of sp³-hybridized carbons (Fsp3) is 0.311. The van der Waals surface area contributed by atoms with Crippen LogP contribution in [0.3, 0.4) is 0 Å². The quantitative estimate of drug-likeness (QED) is 0.0985. The standard InChI is InChI=1S/C15H13Cl2N3O2.C15H16F3N5O4S.C15H18N6O6S/c1-2-7-22-13-9-12(10(16)8-11(13)17)20-15(21)19-6-4-3-5-14(19)18-20;1-9-19-12(22-14(20-9)27-2)21-13(24)23-28(25,26)11-6-4-3-5-10(11)7-8-15(16,17)18;1-21(2)13(22)9-6-5-7-16-12(9)28(24,25)20-15(23)19-14-17-10(26-3)8-11(18-14)27-4/h1,8-9H,3-7H2;3-6H,7-8H2,1-2H3,(H2,19,20,21,22,23,24);5-8H,1-4H3,(H2,17,18,19,20,23). The number of rotatable bonds is 15. The molecule has 5 amide bonds. The van der Waals surface area contributed by atoms with Gasteiger partial charge in [-0.3, -0.25) is 20.0 Å². The van der Waals surface area contributed by atoms with Gasteiger partial charge in [0.25, 0.3) is 26.0 Å². The molecule has 33 heteroatoms. The minimum atomic E-state index is -4.46. The summed E-state index contributed by atoms with van der Waals surface area (Å²) in [5, 5.41) is 8.71. The van der Waals surface area contributed by atoms with Crippen LogP contribution in [-0.2, 0) is 39.4 Å². The number of anilines is 2. The van der Waals surface area contributed by atoms with Crippen molar-refractivity contribution in [3.63, 3.8) is 0 Å². The summed E-state index contributed by atoms with van der Waals surface area (Å²) in [4.78, 5) is 72.3. The number of hydrogen-bond donors (Lipinski definition) is 4. The number of carbonyl (C=O) groups excluding carboxylic acids is 3. The topological polar surface area (TPSA) is 325 Å². The molecule has 0 fully saturated rings. The van der Waals surface area contributed by atoms with E-state index in [0.717, 1.165) is 31.2 Å². The highest BCUT2D eigenvalue weighted by Crippen LogP contribution is 2.33. The van der Waals surface area contributed by atoms with Crippen LogP contribution < -0.4 is 44.7 Å². The van der Waals surface area contributed by atoms with Gasteiger partial charge in [0.05, 0.1) is 53.6 Å². The van der Waals surface area contributed by atoms with Crippen molar-refractivity contribution in [1.82, 2.24) is 58.6 Å². The number of urea groups is 2. The molecule has 0 saturated heterocycles. The third-order valence-electron chi connectivity index (χ3n) is 10.0. The van der Waals surface area contributed by atoms with E-state index in [2.05, 4.69) is 51.6 Å². The first kappa shape index (κ1) is 60.5. The Morgan fingerprint density at radius 3 is 2.08 bits per heavy atom. The molecular formula is C45H47Cl2F3N14O12S2. The van der Waals surface area contributed by atoms with Gasteiger partial charge in [0.15, 0.2) is 5.03 Å². The molecule has 4 N–H and O–H groups in total. The van der Waals surface area contributed by atoms with E-state index in [0.29, 0.717) is 28.0 Å². The number of methoxy groups -OCH3 is 3. The molecular weight excluding hydrogens is 1120 g/mol. The molecule has 2 aromatic carbocycles. The zero-order chi connectivity index (χ0) is 57.5. The van der Waals surface area contributed by atoms with Gasteiger partial charge in [-0.2, -0.15) is 51.2 Å². The fourth-order valence-electron chi connectivity index (χ4n) is 6.60. The van der Waals surface area contributed by atoms with Crippen LogP contribution in [0.4, 0.5) is 34.7 Å². The molecule has 0 aliphatic carbocycles. The summed E-state index contributed by atoms with van der Waals surface area (Å²) in [6.45, 7) is 2.26. The van der Waals surface area contributed by atoms with Crippen LogP contribution in [0.5, 0.6) is 23.5 Å². The normalized spacial score (nSPS) is 11.9. The molecule has 7 rings (SSSR count). The number of hydrogen-bond acceptors (Lipinski definition) is 19. The number of nitrogens with one attached hydrogen (secondary N) is 4. The molecule has 0 saturated carbocycles. The Bertz CT molecular complexity index is 3490. The number of amides is 5. The second-order valence-electron chi connectivity index (χ2n) is 15.8. The van der Waals surface area contributed by atoms with Crippen molar-refractivity contribution < 1.29 is 63.3 Å². The van der Waals surface area contributed by atoms with E-state index < -0.39 is 67.0 Å². The van der Waals surface area contributed by atoms with Gasteiger partial charge in [-0.15, -0.1) is 11.5 Å². The zero-order valence-electron chi connectivity index (χ0n) is 41.9. The first-order valence-corrected chi connectivity index (χ1v) is 26.0. The maximum Gasteiger partial charge on any atom is 0.389 e.